The molecule has 1 unspecified atom stereocenters. The predicted molar refractivity (Wildman–Crippen MR) is 118 cm³/mol. The van der Waals surface area contributed by atoms with Crippen molar-refractivity contribution in [1.82, 2.24) is 15.1 Å². The summed E-state index contributed by atoms with van der Waals surface area (Å²) >= 11 is 2.01. The molecule has 142 valence electrons. The Hall–Kier alpha value is -0.540. The van der Waals surface area contributed by atoms with Gasteiger partial charge in [0.2, 0.25) is 0 Å². The van der Waals surface area contributed by atoms with Crippen LogP contribution in [0, 0.1) is 5.82 Å². The molecule has 1 heterocycles. The van der Waals surface area contributed by atoms with Crippen molar-refractivity contribution in [3.8, 4) is 0 Å². The quantitative estimate of drug-likeness (QED) is 0.407. The zero-order valence-electron chi connectivity index (χ0n) is 15.8. The van der Waals surface area contributed by atoms with Crippen LogP contribution in [0.25, 0.3) is 0 Å². The number of nitrogens with one attached hydrogen (secondary N) is 1. The van der Waals surface area contributed by atoms with Crippen molar-refractivity contribution in [3.63, 3.8) is 0 Å². The average Bonchev–Trinajstić information content (AvgIpc) is 2.51. The average molecular weight is 480 g/mol. The Balaban J connectivity index is 0.00000312. The first kappa shape index (κ1) is 22.5. The molecule has 1 aliphatic rings. The second kappa shape index (κ2) is 9.97. The van der Waals surface area contributed by atoms with E-state index in [1.165, 1.54) is 12.1 Å². The summed E-state index contributed by atoms with van der Waals surface area (Å²) in [6, 6.07) is 6.90. The maximum atomic E-state index is 13.2. The van der Waals surface area contributed by atoms with E-state index in [1.807, 2.05) is 45.0 Å². The molecule has 0 aliphatic carbocycles. The highest BCUT2D eigenvalue weighted by Gasteiger charge is 2.29. The van der Waals surface area contributed by atoms with Crippen LogP contribution >= 0.6 is 35.7 Å². The van der Waals surface area contributed by atoms with Gasteiger partial charge in [-0.25, -0.2) is 4.39 Å². The number of nitrogens with zero attached hydrogens (tertiary/aromatic N) is 3. The van der Waals surface area contributed by atoms with Crippen molar-refractivity contribution >= 4 is 41.7 Å². The van der Waals surface area contributed by atoms with E-state index in [1.54, 1.807) is 0 Å². The molecule has 0 amide bonds. The van der Waals surface area contributed by atoms with Crippen LogP contribution in [0.1, 0.15) is 25.5 Å². The SMILES string of the molecule is CN=C(NCC(c1ccc(F)cc1)N(C)C)N1CCSC(C)(C)C1.I. The molecule has 0 spiro atoms. The van der Waals surface area contributed by atoms with Gasteiger partial charge < -0.3 is 15.1 Å². The van der Waals surface area contributed by atoms with Crippen LogP contribution in [0.15, 0.2) is 29.3 Å². The zero-order chi connectivity index (χ0) is 17.7. The maximum Gasteiger partial charge on any atom is 0.193 e. The lowest BCUT2D eigenvalue weighted by molar-refractivity contribution is 0.292. The Morgan fingerprint density at radius 3 is 2.52 bits per heavy atom. The highest BCUT2D eigenvalue weighted by molar-refractivity contribution is 14.0. The van der Waals surface area contributed by atoms with Gasteiger partial charge in [0.05, 0.1) is 6.04 Å². The van der Waals surface area contributed by atoms with Crippen molar-refractivity contribution < 1.29 is 4.39 Å². The van der Waals surface area contributed by atoms with Crippen molar-refractivity contribution in [3.05, 3.63) is 35.6 Å². The summed E-state index contributed by atoms with van der Waals surface area (Å²) in [7, 11) is 5.91. The number of thioether (sulfide) groups is 1. The summed E-state index contributed by atoms with van der Waals surface area (Å²) in [5, 5.41) is 3.50. The summed E-state index contributed by atoms with van der Waals surface area (Å²) in [5.74, 6) is 1.85. The number of likely N-dealkylation sites (N-methyl/N-ethyl adjacent to an activating group) is 1. The Morgan fingerprint density at radius 1 is 1.36 bits per heavy atom. The molecule has 0 bridgehead atoms. The minimum Gasteiger partial charge on any atom is -0.354 e. The minimum atomic E-state index is -0.201. The summed E-state index contributed by atoms with van der Waals surface area (Å²) < 4.78 is 13.4. The summed E-state index contributed by atoms with van der Waals surface area (Å²) in [4.78, 5) is 8.93. The third kappa shape index (κ3) is 6.60. The molecule has 1 aromatic carbocycles. The fourth-order valence-corrected chi connectivity index (χ4v) is 4.11. The lowest BCUT2D eigenvalue weighted by Crippen LogP contribution is -2.52. The number of rotatable bonds is 4. The number of aliphatic imine (C=N–C) groups is 1. The Kier molecular flexibility index (Phi) is 8.97. The summed E-state index contributed by atoms with van der Waals surface area (Å²) in [5.41, 5.74) is 1.10. The fourth-order valence-electron chi connectivity index (χ4n) is 3.00. The first-order valence-electron chi connectivity index (χ1n) is 8.34. The normalized spacial score (nSPS) is 18.7. The number of benzene rings is 1. The zero-order valence-corrected chi connectivity index (χ0v) is 18.9. The van der Waals surface area contributed by atoms with E-state index in [9.17, 15) is 4.39 Å². The van der Waals surface area contributed by atoms with Crippen LogP contribution < -0.4 is 5.32 Å². The molecule has 1 aromatic rings. The monoisotopic (exact) mass is 480 g/mol. The van der Waals surface area contributed by atoms with E-state index in [0.29, 0.717) is 0 Å². The molecule has 2 rings (SSSR count). The lowest BCUT2D eigenvalue weighted by Gasteiger charge is -2.39. The molecule has 1 N–H and O–H groups in total. The van der Waals surface area contributed by atoms with Gasteiger partial charge in [0, 0.05) is 37.2 Å². The molecular formula is C18H30FIN4S. The Morgan fingerprint density at radius 2 is 2.00 bits per heavy atom. The van der Waals surface area contributed by atoms with Crippen molar-refractivity contribution in [2.45, 2.75) is 24.6 Å². The van der Waals surface area contributed by atoms with Crippen LogP contribution in [0.5, 0.6) is 0 Å². The molecule has 0 radical (unpaired) electrons. The third-order valence-electron chi connectivity index (χ3n) is 4.27. The third-order valence-corrected chi connectivity index (χ3v) is 5.57. The van der Waals surface area contributed by atoms with E-state index < -0.39 is 0 Å². The van der Waals surface area contributed by atoms with E-state index in [4.69, 9.17) is 0 Å². The highest BCUT2D eigenvalue weighted by Crippen LogP contribution is 2.29. The molecule has 4 nitrogen and oxygen atoms in total. The van der Waals surface area contributed by atoms with Crippen LogP contribution in [0.4, 0.5) is 4.39 Å². The van der Waals surface area contributed by atoms with Gasteiger partial charge >= 0.3 is 0 Å². The van der Waals surface area contributed by atoms with Gasteiger partial charge in [0.25, 0.3) is 0 Å². The fraction of sp³-hybridized carbons (Fsp3) is 0.611. The molecule has 1 aliphatic heterocycles. The largest absolute Gasteiger partial charge is 0.354 e. The van der Waals surface area contributed by atoms with Gasteiger partial charge in [0.15, 0.2) is 5.96 Å². The standard InChI is InChI=1S/C18H29FN4S.HI/c1-18(2)13-23(10-11-24-18)17(20-3)21-12-16(22(4)5)14-6-8-15(19)9-7-14;/h6-9,16H,10-13H2,1-5H3,(H,20,21);1H. The van der Waals surface area contributed by atoms with E-state index >= 15 is 0 Å². The second-order valence-corrected chi connectivity index (χ2v) is 8.79. The van der Waals surface area contributed by atoms with Crippen LogP contribution in [-0.4, -0.2) is 67.0 Å². The summed E-state index contributed by atoms with van der Waals surface area (Å²) in [6.45, 7) is 7.28. The van der Waals surface area contributed by atoms with Crippen LogP contribution in [-0.2, 0) is 0 Å². The number of guanidine groups is 1. The van der Waals surface area contributed by atoms with Crippen molar-refractivity contribution in [1.29, 1.82) is 0 Å². The number of hydrogen-bond acceptors (Lipinski definition) is 3. The van der Waals surface area contributed by atoms with E-state index in [2.05, 4.69) is 34.0 Å². The molecule has 0 aromatic heterocycles. The van der Waals surface area contributed by atoms with Crippen LogP contribution in [0.3, 0.4) is 0 Å². The first-order chi connectivity index (χ1) is 11.3. The van der Waals surface area contributed by atoms with Crippen molar-refractivity contribution in [2.75, 3.05) is 46.5 Å². The molecule has 7 heteroatoms. The van der Waals surface area contributed by atoms with Crippen molar-refractivity contribution in [2.24, 2.45) is 4.99 Å². The minimum absolute atomic E-state index is 0. The van der Waals surface area contributed by atoms with Gasteiger partial charge in [-0.15, -0.1) is 24.0 Å². The smallest absolute Gasteiger partial charge is 0.193 e. The van der Waals surface area contributed by atoms with Gasteiger partial charge in [0.1, 0.15) is 5.82 Å². The van der Waals surface area contributed by atoms with Gasteiger partial charge in [-0.3, -0.25) is 4.99 Å². The number of hydrogen-bond donors (Lipinski definition) is 1. The van der Waals surface area contributed by atoms with E-state index in [-0.39, 0.29) is 40.6 Å². The molecule has 25 heavy (non-hydrogen) atoms. The predicted octanol–water partition coefficient (Wildman–Crippen LogP) is 3.45. The molecule has 1 fully saturated rings. The summed E-state index contributed by atoms with van der Waals surface area (Å²) in [6.07, 6.45) is 0. The van der Waals surface area contributed by atoms with Gasteiger partial charge in [-0.1, -0.05) is 12.1 Å². The molecule has 1 atom stereocenters. The van der Waals surface area contributed by atoms with E-state index in [0.717, 1.165) is 36.9 Å². The topological polar surface area (TPSA) is 30.9 Å². The first-order valence-corrected chi connectivity index (χ1v) is 9.32. The lowest BCUT2D eigenvalue weighted by atomic mass is 10.1. The Bertz CT molecular complexity index is 563. The van der Waals surface area contributed by atoms with Crippen LogP contribution in [0.2, 0.25) is 0 Å². The maximum absolute atomic E-state index is 13.2. The molecule has 1 saturated heterocycles. The number of halogens is 2. The highest BCUT2D eigenvalue weighted by atomic mass is 127. The second-order valence-electron chi connectivity index (χ2n) is 6.99. The van der Waals surface area contributed by atoms with Gasteiger partial charge in [-0.2, -0.15) is 11.8 Å². The Labute approximate surface area is 172 Å². The van der Waals surface area contributed by atoms with Gasteiger partial charge in [-0.05, 0) is 45.6 Å². The molecule has 0 saturated carbocycles. The molecular weight excluding hydrogens is 450 g/mol.